The highest BCUT2D eigenvalue weighted by molar-refractivity contribution is 5.85. The SMILES string of the molecule is Cc1cccc(-c2cnc(C3CCCN3C(=O)C34CCCC3C35CCC6C7(C)CCC(O)C(C)C7(C)CC[C@@]63C5CC4)[nH]2)c1. The lowest BCUT2D eigenvalue weighted by Gasteiger charge is -2.64. The first-order valence-electron chi connectivity index (χ1n) is 18.2. The quantitative estimate of drug-likeness (QED) is 0.376. The van der Waals surface area contributed by atoms with Gasteiger partial charge >= 0.3 is 0 Å². The molecule has 2 aromatic rings. The molecule has 1 aromatic heterocycles. The van der Waals surface area contributed by atoms with Gasteiger partial charge in [-0.15, -0.1) is 0 Å². The van der Waals surface area contributed by atoms with E-state index in [1.54, 1.807) is 0 Å². The van der Waals surface area contributed by atoms with Crippen molar-refractivity contribution in [1.29, 1.82) is 0 Å². The molecule has 236 valence electrons. The summed E-state index contributed by atoms with van der Waals surface area (Å²) in [6, 6.07) is 8.66. The molecule has 2 N–H and O–H groups in total. The van der Waals surface area contributed by atoms with Gasteiger partial charge in [0.15, 0.2) is 0 Å². The topological polar surface area (TPSA) is 69.2 Å². The van der Waals surface area contributed by atoms with E-state index in [4.69, 9.17) is 4.98 Å². The van der Waals surface area contributed by atoms with Gasteiger partial charge in [0, 0.05) is 6.54 Å². The molecule has 0 radical (unpaired) electrons. The molecule has 5 heteroatoms. The number of likely N-dealkylation sites (tertiary alicyclic amines) is 1. The Balaban J connectivity index is 1.03. The average Bonchev–Trinajstić information content (AvgIpc) is 3.69. The van der Waals surface area contributed by atoms with Gasteiger partial charge in [-0.2, -0.15) is 0 Å². The van der Waals surface area contributed by atoms with Crippen LogP contribution in [0.4, 0.5) is 0 Å². The maximum Gasteiger partial charge on any atom is 0.229 e. The highest BCUT2D eigenvalue weighted by Crippen LogP contribution is 2.94. The molecule has 1 aliphatic heterocycles. The van der Waals surface area contributed by atoms with Gasteiger partial charge in [-0.05, 0) is 141 Å². The zero-order valence-electron chi connectivity index (χ0n) is 27.5. The summed E-state index contributed by atoms with van der Waals surface area (Å²) >= 11 is 0. The second kappa shape index (κ2) is 9.02. The van der Waals surface area contributed by atoms with Crippen LogP contribution < -0.4 is 0 Å². The van der Waals surface area contributed by atoms with Gasteiger partial charge < -0.3 is 15.0 Å². The Morgan fingerprint density at radius 2 is 1.73 bits per heavy atom. The summed E-state index contributed by atoms with van der Waals surface area (Å²) < 4.78 is 0. The number of aliphatic hydroxyl groups is 1. The summed E-state index contributed by atoms with van der Waals surface area (Å²) in [5.41, 5.74) is 4.68. The largest absolute Gasteiger partial charge is 0.393 e. The molecule has 11 atom stereocenters. The van der Waals surface area contributed by atoms with Crippen LogP contribution in [0.2, 0.25) is 0 Å². The van der Waals surface area contributed by atoms with Gasteiger partial charge in [0.05, 0.1) is 29.5 Å². The minimum atomic E-state index is -0.166. The molecule has 5 nitrogen and oxygen atoms in total. The number of aliphatic hydroxyl groups excluding tert-OH is 1. The number of fused-ring (bicyclic) bond motifs is 3. The van der Waals surface area contributed by atoms with Crippen molar-refractivity contribution < 1.29 is 9.90 Å². The predicted octanol–water partition coefficient (Wildman–Crippen LogP) is 8.24. The minimum absolute atomic E-state index is 0.0702. The number of amides is 1. The number of nitrogens with one attached hydrogen (secondary N) is 1. The van der Waals surface area contributed by atoms with Crippen LogP contribution in [0.1, 0.15) is 122 Å². The van der Waals surface area contributed by atoms with E-state index in [1.807, 2.05) is 6.20 Å². The second-order valence-electron chi connectivity index (χ2n) is 17.3. The summed E-state index contributed by atoms with van der Waals surface area (Å²) in [5, 5.41) is 11.0. The van der Waals surface area contributed by atoms with Crippen molar-refractivity contribution in [2.75, 3.05) is 6.54 Å². The fourth-order valence-corrected chi connectivity index (χ4v) is 14.5. The molecular weight excluding hydrogens is 542 g/mol. The van der Waals surface area contributed by atoms with Crippen molar-refractivity contribution in [2.24, 2.45) is 50.7 Å². The van der Waals surface area contributed by atoms with Crippen LogP contribution in [0.3, 0.4) is 0 Å². The van der Waals surface area contributed by atoms with Gasteiger partial charge in [-0.3, -0.25) is 4.79 Å². The highest BCUT2D eigenvalue weighted by Gasteiger charge is 2.89. The molecule has 9 rings (SSSR count). The lowest BCUT2D eigenvalue weighted by Crippen LogP contribution is -2.58. The van der Waals surface area contributed by atoms with E-state index in [0.29, 0.717) is 34.0 Å². The molecule has 1 aromatic carbocycles. The van der Waals surface area contributed by atoms with Crippen LogP contribution in [0.15, 0.2) is 30.5 Å². The van der Waals surface area contributed by atoms with Gasteiger partial charge in [0.25, 0.3) is 0 Å². The first-order chi connectivity index (χ1) is 21.1. The number of aromatic amines is 1. The molecule has 0 bridgehead atoms. The predicted molar refractivity (Wildman–Crippen MR) is 172 cm³/mol. The number of hydrogen-bond donors (Lipinski definition) is 2. The number of carbonyl (C=O) groups excluding carboxylic acids is 1. The highest BCUT2D eigenvalue weighted by atomic mass is 16.3. The number of benzene rings is 1. The molecule has 1 saturated heterocycles. The molecule has 44 heavy (non-hydrogen) atoms. The Kier molecular flexibility index (Phi) is 5.76. The Labute approximate surface area is 264 Å². The number of aryl methyl sites for hydroxylation is 1. The lowest BCUT2D eigenvalue weighted by atomic mass is 9.41. The van der Waals surface area contributed by atoms with Crippen LogP contribution in [0.5, 0.6) is 0 Å². The second-order valence-corrected chi connectivity index (χ2v) is 17.3. The number of nitrogens with zero attached hydrogens (tertiary/aromatic N) is 2. The van der Waals surface area contributed by atoms with Gasteiger partial charge in [0.2, 0.25) is 5.91 Å². The molecule has 2 spiro atoms. The van der Waals surface area contributed by atoms with Crippen molar-refractivity contribution in [3.63, 3.8) is 0 Å². The Bertz CT molecular complexity index is 1520. The third-order valence-corrected chi connectivity index (χ3v) is 16.6. The number of H-pyrrole nitrogens is 1. The van der Waals surface area contributed by atoms with E-state index in [0.717, 1.165) is 62.0 Å². The zero-order chi connectivity index (χ0) is 30.3. The van der Waals surface area contributed by atoms with Crippen molar-refractivity contribution in [3.05, 3.63) is 41.9 Å². The van der Waals surface area contributed by atoms with E-state index in [9.17, 15) is 5.11 Å². The summed E-state index contributed by atoms with van der Waals surface area (Å²) in [6.45, 7) is 10.5. The van der Waals surface area contributed by atoms with E-state index in [-0.39, 0.29) is 23.0 Å². The fourth-order valence-electron chi connectivity index (χ4n) is 14.5. The van der Waals surface area contributed by atoms with Crippen LogP contribution in [-0.4, -0.2) is 38.5 Å². The standard InChI is InChI=1S/C39H53N3O2/c1-24-8-5-9-26(22-24)27-23-40-33(41-27)28-10-7-21-42(28)34(44)37-15-6-11-31(37)38-18-14-30-36(4)16-12-29(43)25(2)35(36,3)19-20-39(30,38)32(38)13-17-37/h5,8-9,22-23,25,28-32,43H,6-7,10-21H2,1-4H3,(H,40,41)/t25?,28?,29?,30?,31?,32?,35?,36?,37?,38?,39-/m0/s1. The monoisotopic (exact) mass is 595 g/mol. The average molecular weight is 596 g/mol. The number of carbonyl (C=O) groups is 1. The van der Waals surface area contributed by atoms with Crippen LogP contribution in [0, 0.1) is 57.7 Å². The first-order valence-corrected chi connectivity index (χ1v) is 18.2. The van der Waals surface area contributed by atoms with Crippen molar-refractivity contribution >= 4 is 5.91 Å². The first kappa shape index (κ1) is 28.1. The fraction of sp³-hybridized carbons (Fsp3) is 0.744. The lowest BCUT2D eigenvalue weighted by molar-refractivity contribution is -0.174. The summed E-state index contributed by atoms with van der Waals surface area (Å²) in [4.78, 5) is 25.9. The molecular formula is C39H53N3O2. The molecule has 1 amide bonds. The molecule has 6 aliphatic carbocycles. The summed E-state index contributed by atoms with van der Waals surface area (Å²) in [6.07, 6.45) is 17.3. The number of hydrogen-bond acceptors (Lipinski definition) is 3. The number of imidazole rings is 1. The zero-order valence-corrected chi connectivity index (χ0v) is 27.5. The molecule has 7 aliphatic rings. The normalized spacial score (nSPS) is 48.7. The molecule has 2 heterocycles. The van der Waals surface area contributed by atoms with Gasteiger partial charge in [-0.1, -0.05) is 51.0 Å². The number of rotatable bonds is 3. The third kappa shape index (κ3) is 3.12. The van der Waals surface area contributed by atoms with Crippen molar-refractivity contribution in [1.82, 2.24) is 14.9 Å². The Morgan fingerprint density at radius 3 is 2.57 bits per heavy atom. The van der Waals surface area contributed by atoms with Gasteiger partial charge in [0.1, 0.15) is 5.82 Å². The number of aromatic nitrogens is 2. The minimum Gasteiger partial charge on any atom is -0.393 e. The van der Waals surface area contributed by atoms with E-state index < -0.39 is 0 Å². The van der Waals surface area contributed by atoms with Crippen LogP contribution >= 0.6 is 0 Å². The third-order valence-electron chi connectivity index (χ3n) is 16.6. The van der Waals surface area contributed by atoms with Crippen molar-refractivity contribution in [2.45, 2.75) is 123 Å². The van der Waals surface area contributed by atoms with Crippen molar-refractivity contribution in [3.8, 4) is 11.3 Å². The maximum atomic E-state index is 15.1. The van der Waals surface area contributed by atoms with E-state index in [1.165, 1.54) is 62.5 Å². The molecule has 10 unspecified atom stereocenters. The Hall–Kier alpha value is -2.14. The molecule has 6 saturated carbocycles. The smallest absolute Gasteiger partial charge is 0.229 e. The maximum absolute atomic E-state index is 15.1. The van der Waals surface area contributed by atoms with Crippen LogP contribution in [-0.2, 0) is 4.79 Å². The van der Waals surface area contributed by atoms with Crippen LogP contribution in [0.25, 0.3) is 11.3 Å². The van der Waals surface area contributed by atoms with E-state index in [2.05, 4.69) is 61.8 Å². The summed E-state index contributed by atoms with van der Waals surface area (Å²) in [7, 11) is 0. The Morgan fingerprint density at radius 1 is 0.909 bits per heavy atom. The van der Waals surface area contributed by atoms with E-state index >= 15 is 4.79 Å². The summed E-state index contributed by atoms with van der Waals surface area (Å²) in [5.74, 6) is 3.99. The van der Waals surface area contributed by atoms with Gasteiger partial charge in [-0.25, -0.2) is 4.98 Å². The molecule has 7 fully saturated rings.